The lowest BCUT2D eigenvalue weighted by Gasteiger charge is -2.32. The molecule has 2 N–H and O–H groups in total. The van der Waals surface area contributed by atoms with Gasteiger partial charge < -0.3 is 20.3 Å². The molecule has 2 unspecified atom stereocenters. The maximum absolute atomic E-state index is 12.5. The van der Waals surface area contributed by atoms with Gasteiger partial charge in [0.15, 0.2) is 0 Å². The molecule has 2 amide bonds. The highest BCUT2D eigenvalue weighted by Gasteiger charge is 2.28. The van der Waals surface area contributed by atoms with E-state index in [9.17, 15) is 9.59 Å². The summed E-state index contributed by atoms with van der Waals surface area (Å²) in [6, 6.07) is 9.52. The van der Waals surface area contributed by atoms with E-state index in [1.54, 1.807) is 0 Å². The Kier molecular flexibility index (Phi) is 9.58. The van der Waals surface area contributed by atoms with Crippen molar-refractivity contribution in [3.8, 4) is 5.75 Å². The van der Waals surface area contributed by atoms with E-state index < -0.39 is 0 Å². The smallest absolute Gasteiger partial charge is 0.226 e. The molecule has 0 aromatic heterocycles. The molecule has 2 heterocycles. The van der Waals surface area contributed by atoms with Gasteiger partial charge in [-0.1, -0.05) is 18.2 Å². The molecule has 2 saturated heterocycles. The van der Waals surface area contributed by atoms with Crippen LogP contribution in [0.3, 0.4) is 0 Å². The second-order valence-corrected chi connectivity index (χ2v) is 7.55. The van der Waals surface area contributed by atoms with Gasteiger partial charge in [-0.2, -0.15) is 0 Å². The van der Waals surface area contributed by atoms with Crippen LogP contribution in [0.1, 0.15) is 32.1 Å². The highest BCUT2D eigenvalue weighted by molar-refractivity contribution is 5.85. The number of halogens is 1. The van der Waals surface area contributed by atoms with Gasteiger partial charge in [-0.05, 0) is 56.8 Å². The third-order valence-electron chi connectivity index (χ3n) is 5.44. The summed E-state index contributed by atoms with van der Waals surface area (Å²) in [6.45, 7) is 4.43. The van der Waals surface area contributed by atoms with Gasteiger partial charge in [0.05, 0.1) is 18.9 Å². The predicted molar refractivity (Wildman–Crippen MR) is 112 cm³/mol. The monoisotopic (exact) mass is 409 g/mol. The number of carbonyl (C=O) groups excluding carboxylic acids is 2. The summed E-state index contributed by atoms with van der Waals surface area (Å²) in [6.07, 6.45) is 4.44. The molecule has 2 aliphatic heterocycles. The van der Waals surface area contributed by atoms with Crippen molar-refractivity contribution in [1.82, 2.24) is 15.5 Å². The number of ether oxygens (including phenoxy) is 1. The van der Waals surface area contributed by atoms with Crippen molar-refractivity contribution in [2.75, 3.05) is 39.3 Å². The second kappa shape index (κ2) is 11.9. The van der Waals surface area contributed by atoms with Crippen molar-refractivity contribution in [3.63, 3.8) is 0 Å². The SMILES string of the molecule is Cl.O=C(NCC1CCCNC1)C1CCCN(C(=O)CCOc2ccccc2)C1. The molecule has 7 heteroatoms. The van der Waals surface area contributed by atoms with Crippen molar-refractivity contribution in [1.29, 1.82) is 0 Å². The van der Waals surface area contributed by atoms with Crippen LogP contribution < -0.4 is 15.4 Å². The largest absolute Gasteiger partial charge is 0.493 e. The quantitative estimate of drug-likeness (QED) is 0.724. The summed E-state index contributed by atoms with van der Waals surface area (Å²) >= 11 is 0. The number of carbonyl (C=O) groups is 2. The molecule has 0 aliphatic carbocycles. The first-order valence-electron chi connectivity index (χ1n) is 10.2. The Hall–Kier alpha value is -1.79. The zero-order valence-electron chi connectivity index (χ0n) is 16.4. The Morgan fingerprint density at radius 2 is 2.00 bits per heavy atom. The lowest BCUT2D eigenvalue weighted by molar-refractivity contribution is -0.136. The summed E-state index contributed by atoms with van der Waals surface area (Å²) in [5.74, 6) is 1.38. The number of hydrogen-bond acceptors (Lipinski definition) is 4. The highest BCUT2D eigenvalue weighted by atomic mass is 35.5. The standard InChI is InChI=1S/C21H31N3O3.ClH/c25-20(10-13-27-19-8-2-1-3-9-19)24-12-5-7-18(16-24)21(26)23-15-17-6-4-11-22-14-17;/h1-3,8-9,17-18,22H,4-7,10-16H2,(H,23,26);1H. The number of amides is 2. The van der Waals surface area contributed by atoms with E-state index in [0.29, 0.717) is 25.5 Å². The maximum atomic E-state index is 12.5. The minimum Gasteiger partial charge on any atom is -0.493 e. The molecule has 156 valence electrons. The van der Waals surface area contributed by atoms with Crippen LogP contribution in [-0.4, -0.2) is 56.0 Å². The molecule has 28 heavy (non-hydrogen) atoms. The lowest BCUT2D eigenvalue weighted by Crippen LogP contribution is -2.47. The fourth-order valence-electron chi connectivity index (χ4n) is 3.84. The first-order valence-corrected chi connectivity index (χ1v) is 10.2. The molecule has 2 atom stereocenters. The average Bonchev–Trinajstić information content (AvgIpc) is 2.73. The van der Waals surface area contributed by atoms with Crippen molar-refractivity contribution >= 4 is 24.2 Å². The predicted octanol–water partition coefficient (Wildman–Crippen LogP) is 2.23. The van der Waals surface area contributed by atoms with Crippen LogP contribution in [0.15, 0.2) is 30.3 Å². The molecule has 6 nitrogen and oxygen atoms in total. The lowest BCUT2D eigenvalue weighted by atomic mass is 9.95. The molecular formula is C21H32ClN3O3. The van der Waals surface area contributed by atoms with Gasteiger partial charge in [0.25, 0.3) is 0 Å². The Bertz CT molecular complexity index is 608. The molecule has 0 spiro atoms. The summed E-state index contributed by atoms with van der Waals surface area (Å²) < 4.78 is 5.61. The number of likely N-dealkylation sites (tertiary alicyclic amines) is 1. The van der Waals surface area contributed by atoms with E-state index in [1.165, 1.54) is 12.8 Å². The van der Waals surface area contributed by atoms with Crippen molar-refractivity contribution in [2.24, 2.45) is 11.8 Å². The van der Waals surface area contributed by atoms with E-state index >= 15 is 0 Å². The van der Waals surface area contributed by atoms with Crippen molar-refractivity contribution < 1.29 is 14.3 Å². The number of para-hydroxylation sites is 1. The summed E-state index contributed by atoms with van der Waals surface area (Å²) in [5, 5.41) is 6.48. The summed E-state index contributed by atoms with van der Waals surface area (Å²) in [5.41, 5.74) is 0. The van der Waals surface area contributed by atoms with Crippen molar-refractivity contribution in [2.45, 2.75) is 32.1 Å². The number of benzene rings is 1. The Morgan fingerprint density at radius 3 is 2.75 bits per heavy atom. The first kappa shape index (κ1) is 22.5. The number of rotatable bonds is 7. The minimum absolute atomic E-state index is 0. The Labute approximate surface area is 173 Å². The Morgan fingerprint density at radius 1 is 1.18 bits per heavy atom. The van der Waals surface area contributed by atoms with E-state index in [0.717, 1.165) is 44.8 Å². The van der Waals surface area contributed by atoms with Gasteiger partial charge in [-0.15, -0.1) is 12.4 Å². The zero-order valence-corrected chi connectivity index (χ0v) is 17.2. The molecule has 1 aromatic rings. The third kappa shape index (κ3) is 6.99. The molecule has 2 aliphatic rings. The van der Waals surface area contributed by atoms with Crippen molar-refractivity contribution in [3.05, 3.63) is 30.3 Å². The van der Waals surface area contributed by atoms with Gasteiger partial charge in [0.1, 0.15) is 5.75 Å². The number of piperidine rings is 2. The zero-order chi connectivity index (χ0) is 18.9. The van der Waals surface area contributed by atoms with Crippen LogP contribution in [0.25, 0.3) is 0 Å². The van der Waals surface area contributed by atoms with E-state index in [2.05, 4.69) is 10.6 Å². The molecule has 2 fully saturated rings. The van der Waals surface area contributed by atoms with Crippen LogP contribution in [0, 0.1) is 11.8 Å². The fourth-order valence-corrected chi connectivity index (χ4v) is 3.84. The summed E-state index contributed by atoms with van der Waals surface area (Å²) in [4.78, 5) is 26.8. The molecular weight excluding hydrogens is 378 g/mol. The summed E-state index contributed by atoms with van der Waals surface area (Å²) in [7, 11) is 0. The minimum atomic E-state index is -0.0886. The van der Waals surface area contributed by atoms with Crippen LogP contribution in [-0.2, 0) is 9.59 Å². The van der Waals surface area contributed by atoms with Gasteiger partial charge in [0, 0.05) is 19.6 Å². The molecule has 3 rings (SSSR count). The number of nitrogens with zero attached hydrogens (tertiary/aromatic N) is 1. The van der Waals surface area contributed by atoms with E-state index in [4.69, 9.17) is 4.74 Å². The highest BCUT2D eigenvalue weighted by Crippen LogP contribution is 2.18. The first-order chi connectivity index (χ1) is 13.2. The van der Waals surface area contributed by atoms with E-state index in [-0.39, 0.29) is 30.1 Å². The van der Waals surface area contributed by atoms with Crippen LogP contribution in [0.4, 0.5) is 0 Å². The second-order valence-electron chi connectivity index (χ2n) is 7.55. The fraction of sp³-hybridized carbons (Fsp3) is 0.619. The van der Waals surface area contributed by atoms with E-state index in [1.807, 2.05) is 35.2 Å². The van der Waals surface area contributed by atoms with Gasteiger partial charge in [-0.3, -0.25) is 9.59 Å². The van der Waals surface area contributed by atoms with Gasteiger partial charge >= 0.3 is 0 Å². The number of nitrogens with one attached hydrogen (secondary N) is 2. The van der Waals surface area contributed by atoms with Gasteiger partial charge in [-0.25, -0.2) is 0 Å². The normalized spacial score (nSPS) is 22.1. The van der Waals surface area contributed by atoms with Crippen LogP contribution in [0.5, 0.6) is 5.75 Å². The molecule has 1 aromatic carbocycles. The van der Waals surface area contributed by atoms with Crippen LogP contribution in [0.2, 0.25) is 0 Å². The third-order valence-corrected chi connectivity index (χ3v) is 5.44. The molecule has 0 saturated carbocycles. The van der Waals surface area contributed by atoms with Crippen LogP contribution >= 0.6 is 12.4 Å². The van der Waals surface area contributed by atoms with Gasteiger partial charge in [0.2, 0.25) is 11.8 Å². The average molecular weight is 410 g/mol. The molecule has 0 bridgehead atoms. The topological polar surface area (TPSA) is 70.7 Å². The Balaban J connectivity index is 0.00000280. The molecule has 0 radical (unpaired) electrons. The number of hydrogen-bond donors (Lipinski definition) is 2. The maximum Gasteiger partial charge on any atom is 0.226 e.